The lowest BCUT2D eigenvalue weighted by molar-refractivity contribution is -0.118. The Labute approximate surface area is 253 Å². The molecule has 0 aliphatic carbocycles. The van der Waals surface area contributed by atoms with Gasteiger partial charge in [0.05, 0.1) is 10.1 Å². The zero-order valence-electron chi connectivity index (χ0n) is 22.6. The molecular weight excluding hydrogens is 565 g/mol. The van der Waals surface area contributed by atoms with E-state index in [9.17, 15) is 20.1 Å². The lowest BCUT2D eigenvalue weighted by Crippen LogP contribution is -2.35. The number of carbonyl (C=O) groups is 2. The molecule has 2 unspecified atom stereocenters. The normalized spacial score (nSPS) is 18.4. The molecule has 0 aromatic heterocycles. The zero-order valence-corrected chi connectivity index (χ0v) is 24.2. The van der Waals surface area contributed by atoms with Crippen molar-refractivity contribution in [3.63, 3.8) is 0 Å². The number of carbonyl (C=O) groups excluding carboxylic acids is 2. The molecule has 3 aromatic carbocycles. The van der Waals surface area contributed by atoms with Gasteiger partial charge in [0.1, 0.15) is 34.0 Å². The molecule has 0 saturated heterocycles. The van der Waals surface area contributed by atoms with Crippen molar-refractivity contribution in [2.75, 3.05) is 13.1 Å². The molecule has 3 aromatic rings. The van der Waals surface area contributed by atoms with E-state index in [1.807, 2.05) is 97.1 Å². The van der Waals surface area contributed by atoms with E-state index in [1.165, 1.54) is 34.7 Å². The number of benzene rings is 3. The first-order valence-electron chi connectivity index (χ1n) is 13.4. The standard InChI is InChI=1S/C32H28N6O2S2/c33-19-25-27(39)37-29(41-31(25)35-17-15-21-7-3-1-4-8-21)23-11-13-24(14-12-23)30-38-28(40)26(20-34)32(42-30)36-18-16-22-9-5-2-6-10-22/h1-14,29-30,35-36H,15-18H2,(H,37,39)(H,38,40). The predicted octanol–water partition coefficient (Wildman–Crippen LogP) is 4.54. The Bertz CT molecular complexity index is 1470. The summed E-state index contributed by atoms with van der Waals surface area (Å²) in [5.74, 6) is -0.828. The van der Waals surface area contributed by atoms with E-state index >= 15 is 0 Å². The van der Waals surface area contributed by atoms with Crippen molar-refractivity contribution in [2.24, 2.45) is 0 Å². The summed E-state index contributed by atoms with van der Waals surface area (Å²) < 4.78 is 0. The van der Waals surface area contributed by atoms with E-state index in [0.29, 0.717) is 23.1 Å². The van der Waals surface area contributed by atoms with Crippen molar-refractivity contribution in [1.82, 2.24) is 21.3 Å². The summed E-state index contributed by atoms with van der Waals surface area (Å²) in [6.45, 7) is 1.18. The zero-order chi connectivity index (χ0) is 29.3. The average Bonchev–Trinajstić information content (AvgIpc) is 3.02. The fraction of sp³-hybridized carbons (Fsp3) is 0.188. The molecule has 42 heavy (non-hydrogen) atoms. The molecule has 8 nitrogen and oxygen atoms in total. The van der Waals surface area contributed by atoms with Crippen LogP contribution in [-0.4, -0.2) is 24.9 Å². The minimum atomic E-state index is -0.414. The van der Waals surface area contributed by atoms with Crippen LogP contribution in [0.2, 0.25) is 0 Å². The molecule has 0 bridgehead atoms. The van der Waals surface area contributed by atoms with Crippen LogP contribution in [0.5, 0.6) is 0 Å². The molecule has 2 atom stereocenters. The van der Waals surface area contributed by atoms with Crippen LogP contribution in [0.4, 0.5) is 0 Å². The van der Waals surface area contributed by atoms with Crippen molar-refractivity contribution in [2.45, 2.75) is 23.6 Å². The summed E-state index contributed by atoms with van der Waals surface area (Å²) in [7, 11) is 0. The number of rotatable bonds is 10. The Morgan fingerprint density at radius 1 is 0.619 bits per heavy atom. The topological polar surface area (TPSA) is 130 Å². The number of hydrogen-bond acceptors (Lipinski definition) is 8. The third-order valence-electron chi connectivity index (χ3n) is 6.75. The van der Waals surface area contributed by atoms with Gasteiger partial charge in [0.2, 0.25) is 0 Å². The van der Waals surface area contributed by atoms with Gasteiger partial charge >= 0.3 is 0 Å². The highest BCUT2D eigenvalue weighted by Gasteiger charge is 2.31. The molecular formula is C32H28N6O2S2. The van der Waals surface area contributed by atoms with Gasteiger partial charge in [0.15, 0.2) is 0 Å². The van der Waals surface area contributed by atoms with Gasteiger partial charge in [-0.15, -0.1) is 0 Å². The van der Waals surface area contributed by atoms with Crippen LogP contribution in [0, 0.1) is 22.7 Å². The molecule has 2 aliphatic heterocycles. The Balaban J connectivity index is 1.23. The Hall–Kier alpha value is -4.64. The molecule has 2 amide bonds. The summed E-state index contributed by atoms with van der Waals surface area (Å²) >= 11 is 2.79. The quantitative estimate of drug-likeness (QED) is 0.270. The first kappa shape index (κ1) is 28.9. The second kappa shape index (κ2) is 13.8. The second-order valence-electron chi connectivity index (χ2n) is 9.57. The van der Waals surface area contributed by atoms with E-state index in [2.05, 4.69) is 21.3 Å². The van der Waals surface area contributed by atoms with Gasteiger partial charge in [-0.1, -0.05) is 108 Å². The maximum atomic E-state index is 12.7. The number of nitriles is 2. The molecule has 4 N–H and O–H groups in total. The molecule has 0 saturated carbocycles. The van der Waals surface area contributed by atoms with Crippen LogP contribution in [0.25, 0.3) is 0 Å². The fourth-order valence-corrected chi connectivity index (χ4v) is 6.82. The van der Waals surface area contributed by atoms with Crippen LogP contribution < -0.4 is 21.3 Å². The van der Waals surface area contributed by atoms with Gasteiger partial charge < -0.3 is 21.3 Å². The first-order valence-corrected chi connectivity index (χ1v) is 15.2. The van der Waals surface area contributed by atoms with E-state index < -0.39 is 11.8 Å². The summed E-state index contributed by atoms with van der Waals surface area (Å²) in [5, 5.41) is 31.9. The molecule has 10 heteroatoms. The predicted molar refractivity (Wildman–Crippen MR) is 165 cm³/mol. The van der Waals surface area contributed by atoms with Gasteiger partial charge in [-0.2, -0.15) is 10.5 Å². The van der Waals surface area contributed by atoms with Gasteiger partial charge in [0, 0.05) is 13.1 Å². The summed E-state index contributed by atoms with van der Waals surface area (Å²) in [5.41, 5.74) is 4.21. The number of thioether (sulfide) groups is 2. The monoisotopic (exact) mass is 592 g/mol. The maximum absolute atomic E-state index is 12.7. The maximum Gasteiger partial charge on any atom is 0.265 e. The van der Waals surface area contributed by atoms with Crippen LogP contribution in [0.3, 0.4) is 0 Å². The van der Waals surface area contributed by atoms with Crippen molar-refractivity contribution < 1.29 is 9.59 Å². The molecule has 2 aliphatic rings. The lowest BCUT2D eigenvalue weighted by Gasteiger charge is -2.28. The highest BCUT2D eigenvalue weighted by molar-refractivity contribution is 8.03. The number of hydrogen-bond donors (Lipinski definition) is 4. The summed E-state index contributed by atoms with van der Waals surface area (Å²) in [6.07, 6.45) is 1.53. The van der Waals surface area contributed by atoms with Crippen molar-refractivity contribution in [3.05, 3.63) is 128 Å². The highest BCUT2D eigenvalue weighted by atomic mass is 32.2. The smallest absolute Gasteiger partial charge is 0.265 e. The first-order chi connectivity index (χ1) is 20.6. The lowest BCUT2D eigenvalue weighted by atomic mass is 10.1. The van der Waals surface area contributed by atoms with Gasteiger partial charge in [0.25, 0.3) is 11.8 Å². The summed E-state index contributed by atoms with van der Waals surface area (Å²) in [6, 6.07) is 31.7. The summed E-state index contributed by atoms with van der Waals surface area (Å²) in [4.78, 5) is 25.5. The van der Waals surface area contributed by atoms with Crippen LogP contribution in [-0.2, 0) is 22.4 Å². The van der Waals surface area contributed by atoms with Crippen molar-refractivity contribution in [3.8, 4) is 12.1 Å². The van der Waals surface area contributed by atoms with Crippen molar-refractivity contribution >= 4 is 35.3 Å². The van der Waals surface area contributed by atoms with E-state index in [-0.39, 0.29) is 21.9 Å². The number of amides is 2. The van der Waals surface area contributed by atoms with Gasteiger partial charge in [-0.05, 0) is 35.1 Å². The van der Waals surface area contributed by atoms with E-state index in [0.717, 1.165) is 24.0 Å². The van der Waals surface area contributed by atoms with Crippen LogP contribution in [0.1, 0.15) is 33.0 Å². The molecule has 210 valence electrons. The third-order valence-corrected chi connectivity index (χ3v) is 9.17. The minimum absolute atomic E-state index is 0.0784. The SMILES string of the molecule is N#CC1=C(NCCc2ccccc2)SC(c2ccc(C3NC(=O)C(C#N)=C(NCCc4ccccc4)S3)cc2)NC1=O. The number of nitrogens with zero attached hydrogens (tertiary/aromatic N) is 2. The molecule has 0 fully saturated rings. The van der Waals surface area contributed by atoms with Crippen LogP contribution in [0.15, 0.2) is 106 Å². The average molecular weight is 593 g/mol. The molecule has 5 rings (SSSR count). The van der Waals surface area contributed by atoms with E-state index in [1.54, 1.807) is 0 Å². The number of nitrogens with one attached hydrogen (secondary N) is 4. The Kier molecular flexibility index (Phi) is 9.50. The fourth-order valence-electron chi connectivity index (χ4n) is 4.54. The van der Waals surface area contributed by atoms with Crippen LogP contribution >= 0.6 is 23.5 Å². The Morgan fingerprint density at radius 2 is 1.00 bits per heavy atom. The third kappa shape index (κ3) is 6.98. The van der Waals surface area contributed by atoms with Crippen molar-refractivity contribution in [1.29, 1.82) is 10.5 Å². The largest absolute Gasteiger partial charge is 0.378 e. The molecule has 0 radical (unpaired) electrons. The minimum Gasteiger partial charge on any atom is -0.378 e. The second-order valence-corrected chi connectivity index (χ2v) is 11.8. The highest BCUT2D eigenvalue weighted by Crippen LogP contribution is 2.39. The molecule has 2 heterocycles. The van der Waals surface area contributed by atoms with E-state index in [4.69, 9.17) is 0 Å². The molecule has 0 spiro atoms. The Morgan fingerprint density at radius 3 is 1.36 bits per heavy atom. The van der Waals surface area contributed by atoms with Gasteiger partial charge in [-0.25, -0.2) is 0 Å². The van der Waals surface area contributed by atoms with Gasteiger partial charge in [-0.3, -0.25) is 9.59 Å².